The van der Waals surface area contributed by atoms with Gasteiger partial charge in [-0.2, -0.15) is 0 Å². The fourth-order valence-electron chi connectivity index (χ4n) is 3.95. The van der Waals surface area contributed by atoms with Gasteiger partial charge in [-0.1, -0.05) is 28.3 Å². The van der Waals surface area contributed by atoms with Crippen LogP contribution in [0, 0.1) is 0 Å². The monoisotopic (exact) mass is 649 g/mol. The maximum absolute atomic E-state index is 13.1. The summed E-state index contributed by atoms with van der Waals surface area (Å²) in [6.45, 7) is 3.48. The summed E-state index contributed by atoms with van der Waals surface area (Å²) in [5.74, 6) is -2.49. The number of benzene rings is 1. The summed E-state index contributed by atoms with van der Waals surface area (Å²) in [5, 5.41) is 45.7. The highest BCUT2D eigenvalue weighted by atomic mass is 32.2. The van der Waals surface area contributed by atoms with Crippen LogP contribution in [0.5, 0.6) is 11.5 Å². The summed E-state index contributed by atoms with van der Waals surface area (Å²) in [4.78, 5) is 49.0. The molecular weight excluding hydrogens is 627 g/mol. The molecule has 3 aromatic rings. The predicted molar refractivity (Wildman–Crippen MR) is 158 cm³/mol. The van der Waals surface area contributed by atoms with Gasteiger partial charge in [0.1, 0.15) is 33.9 Å². The number of nitrogens with one attached hydrogen (secondary N) is 1. The Morgan fingerprint density at radius 2 is 2.07 bits per heavy atom. The van der Waals surface area contributed by atoms with Crippen molar-refractivity contribution in [3.05, 3.63) is 40.5 Å². The fraction of sp³-hybridized carbons (Fsp3) is 0.292. The van der Waals surface area contributed by atoms with Crippen LogP contribution >= 0.6 is 46.2 Å². The molecule has 220 valence electrons. The Morgan fingerprint density at radius 1 is 1.29 bits per heavy atom. The van der Waals surface area contributed by atoms with Crippen molar-refractivity contribution in [3.63, 3.8) is 0 Å². The van der Waals surface area contributed by atoms with Gasteiger partial charge in [-0.05, 0) is 37.6 Å². The van der Waals surface area contributed by atoms with E-state index < -0.39 is 29.2 Å². The number of fused-ring (bicyclic) bond motifs is 1. The molecule has 0 spiro atoms. The van der Waals surface area contributed by atoms with Gasteiger partial charge < -0.3 is 31.2 Å². The minimum Gasteiger partial charge on any atom is -0.504 e. The zero-order valence-corrected chi connectivity index (χ0v) is 25.1. The topological polar surface area (TPSA) is 213 Å². The molecule has 0 aliphatic carbocycles. The van der Waals surface area contributed by atoms with E-state index in [1.807, 2.05) is 0 Å². The molecule has 5 rings (SSSR count). The third-order valence-corrected chi connectivity index (χ3v) is 10.1. The Balaban J connectivity index is 1.28. The number of amides is 2. The lowest BCUT2D eigenvalue weighted by atomic mass is 10.0. The average Bonchev–Trinajstić information content (AvgIpc) is 3.60. The van der Waals surface area contributed by atoms with E-state index in [-0.39, 0.29) is 45.6 Å². The highest BCUT2D eigenvalue weighted by molar-refractivity contribution is 8.01. The molecule has 0 bridgehead atoms. The first-order chi connectivity index (χ1) is 20.0. The first kappa shape index (κ1) is 29.6. The summed E-state index contributed by atoms with van der Waals surface area (Å²) < 4.78 is 0.556. The van der Waals surface area contributed by atoms with Crippen molar-refractivity contribution in [2.24, 2.45) is 5.16 Å². The number of phenols is 2. The third-order valence-electron chi connectivity index (χ3n) is 5.87. The van der Waals surface area contributed by atoms with Crippen LogP contribution in [-0.4, -0.2) is 87.9 Å². The second-order valence-electron chi connectivity index (χ2n) is 9.15. The smallest absolute Gasteiger partial charge is 0.352 e. The number of carbonyl (C=O) groups excluding carboxylic acids is 2. The van der Waals surface area contributed by atoms with E-state index in [4.69, 9.17) is 10.6 Å². The van der Waals surface area contributed by atoms with Gasteiger partial charge in [0.05, 0.1) is 0 Å². The van der Waals surface area contributed by atoms with E-state index in [9.17, 15) is 29.7 Å². The minimum absolute atomic E-state index is 0.126. The van der Waals surface area contributed by atoms with E-state index in [0.29, 0.717) is 26.2 Å². The molecular formula is C24H23N7O7S4. The Morgan fingerprint density at radius 3 is 2.74 bits per heavy atom. The largest absolute Gasteiger partial charge is 0.504 e. The number of hydrogen-bond donors (Lipinski definition) is 5. The quantitative estimate of drug-likeness (QED) is 0.0702. The first-order valence-electron chi connectivity index (χ1n) is 12.2. The van der Waals surface area contributed by atoms with Crippen LogP contribution in [-0.2, 0) is 19.2 Å². The fourth-order valence-corrected chi connectivity index (χ4v) is 7.83. The molecule has 2 aliphatic heterocycles. The number of anilines is 1. The predicted octanol–water partition coefficient (Wildman–Crippen LogP) is 2.31. The van der Waals surface area contributed by atoms with Crippen molar-refractivity contribution in [2.75, 3.05) is 17.2 Å². The van der Waals surface area contributed by atoms with Crippen molar-refractivity contribution in [1.82, 2.24) is 25.4 Å². The van der Waals surface area contributed by atoms with Gasteiger partial charge in [0.2, 0.25) is 0 Å². The highest BCUT2D eigenvalue weighted by Gasteiger charge is 2.54. The Hall–Kier alpha value is -3.87. The van der Waals surface area contributed by atoms with E-state index >= 15 is 0 Å². The number of thioether (sulfide) groups is 2. The van der Waals surface area contributed by atoms with Gasteiger partial charge in [-0.15, -0.1) is 33.3 Å². The maximum atomic E-state index is 13.1. The molecule has 2 amide bonds. The van der Waals surface area contributed by atoms with Crippen molar-refractivity contribution in [1.29, 1.82) is 0 Å². The van der Waals surface area contributed by atoms with Crippen LogP contribution in [0.4, 0.5) is 5.13 Å². The zero-order chi connectivity index (χ0) is 30.1. The number of phenolic OH excluding ortho intramolecular Hbond substituents is 2. The van der Waals surface area contributed by atoms with E-state index in [0.717, 1.165) is 11.3 Å². The lowest BCUT2D eigenvalue weighted by molar-refractivity contribution is -0.150. The minimum atomic E-state index is -1.25. The Kier molecular flexibility index (Phi) is 8.58. The molecule has 1 aromatic carbocycles. The normalized spacial score (nSPS) is 18.6. The second-order valence-corrected chi connectivity index (χ2v) is 13.3. The average molecular weight is 650 g/mol. The van der Waals surface area contributed by atoms with Crippen LogP contribution < -0.4 is 11.1 Å². The number of nitrogens with two attached hydrogens (primary N) is 1. The first-order valence-corrected chi connectivity index (χ1v) is 15.9. The van der Waals surface area contributed by atoms with Gasteiger partial charge in [-0.3, -0.25) is 14.5 Å². The van der Waals surface area contributed by atoms with Gasteiger partial charge in [0, 0.05) is 22.4 Å². The second kappa shape index (κ2) is 12.2. The molecule has 4 heterocycles. The zero-order valence-electron chi connectivity index (χ0n) is 21.9. The van der Waals surface area contributed by atoms with Gasteiger partial charge >= 0.3 is 5.97 Å². The van der Waals surface area contributed by atoms with Crippen LogP contribution in [0.15, 0.2) is 44.3 Å². The number of carbonyl (C=O) groups is 3. The number of aliphatic carboxylic acids is 1. The molecule has 6 N–H and O–H groups in total. The van der Waals surface area contributed by atoms with Crippen LogP contribution in [0.3, 0.4) is 0 Å². The number of hydrogen-bond acceptors (Lipinski definition) is 15. The summed E-state index contributed by atoms with van der Waals surface area (Å²) in [7, 11) is 0. The summed E-state index contributed by atoms with van der Waals surface area (Å²) in [5.41, 5.74) is 6.72. The number of carboxylic acid groups (broad SMARTS) is 1. The van der Waals surface area contributed by atoms with E-state index in [1.165, 1.54) is 51.9 Å². The van der Waals surface area contributed by atoms with E-state index in [2.05, 4.69) is 25.7 Å². The number of rotatable bonds is 10. The number of aromatic nitrogens is 3. The number of aromatic hydroxyl groups is 2. The number of oxime groups is 1. The summed E-state index contributed by atoms with van der Waals surface area (Å²) in [6.07, 6.45) is -0.314. The Labute approximate surface area is 254 Å². The molecule has 0 unspecified atom stereocenters. The van der Waals surface area contributed by atoms with Gasteiger partial charge in [-0.25, -0.2) is 9.78 Å². The van der Waals surface area contributed by atoms with Crippen molar-refractivity contribution >= 4 is 74.8 Å². The number of nitrogens with zero attached hydrogens (tertiary/aromatic N) is 5. The van der Waals surface area contributed by atoms with Crippen molar-refractivity contribution in [2.45, 2.75) is 35.7 Å². The molecule has 18 heteroatoms. The lowest BCUT2D eigenvalue weighted by Crippen LogP contribution is -2.71. The molecule has 0 radical (unpaired) electrons. The standard InChI is InChI=1S/C24H23N7O7S4/c1-9(2)38-30-15(12-8-40-23(25)26-12)18(34)27-16-20(35)31-17(22(36)37)11(6-39-21(16)31)7-41-24-29-28-19(42-24)10-3-4-13(32)14(33)5-10/h3-5,8-9,16,21,32-33H,6-7H2,1-2H3,(H2,25,26)(H,27,34)(H,36,37)/t16-,21+/m1/s1. The van der Waals surface area contributed by atoms with Crippen molar-refractivity contribution < 1.29 is 34.5 Å². The molecule has 42 heavy (non-hydrogen) atoms. The van der Waals surface area contributed by atoms with Crippen LogP contribution in [0.25, 0.3) is 10.6 Å². The molecule has 14 nitrogen and oxygen atoms in total. The molecule has 2 atom stereocenters. The number of thiazole rings is 1. The molecule has 1 fully saturated rings. The van der Waals surface area contributed by atoms with Crippen LogP contribution in [0.1, 0.15) is 19.5 Å². The highest BCUT2D eigenvalue weighted by Crippen LogP contribution is 2.42. The van der Waals surface area contributed by atoms with Crippen LogP contribution in [0.2, 0.25) is 0 Å². The molecule has 1 saturated heterocycles. The molecule has 2 aromatic heterocycles. The van der Waals surface area contributed by atoms with Gasteiger partial charge in [0.25, 0.3) is 11.8 Å². The molecule has 0 saturated carbocycles. The number of β-lactam (4-membered cyclic amide) rings is 1. The summed E-state index contributed by atoms with van der Waals surface area (Å²) >= 11 is 4.96. The summed E-state index contributed by atoms with van der Waals surface area (Å²) in [6, 6.07) is 3.34. The number of nitrogen functional groups attached to an aromatic ring is 1. The SMILES string of the molecule is CC(C)ON=C(C(=O)N[C@@H]1C(=O)N2C(C(=O)O)=C(CSc3nnc(-c4ccc(O)c(O)c4)s3)CS[C@@H]12)c1csc(N)n1. The third kappa shape index (κ3) is 6.01. The van der Waals surface area contributed by atoms with Crippen molar-refractivity contribution in [3.8, 4) is 22.1 Å². The maximum Gasteiger partial charge on any atom is 0.352 e. The molecule has 2 aliphatic rings. The number of carboxylic acids is 1. The Bertz CT molecular complexity index is 1620. The van der Waals surface area contributed by atoms with E-state index in [1.54, 1.807) is 25.3 Å². The van der Waals surface area contributed by atoms with Gasteiger partial charge in [0.15, 0.2) is 26.7 Å². The lowest BCUT2D eigenvalue weighted by Gasteiger charge is -2.49.